The number of carbonyl (C=O) groups excluding carboxylic acids is 1. The van der Waals surface area contributed by atoms with Crippen LogP contribution in [0.1, 0.15) is 12.0 Å². The van der Waals surface area contributed by atoms with Crippen molar-refractivity contribution < 1.29 is 9.90 Å². The van der Waals surface area contributed by atoms with Gasteiger partial charge in [-0.2, -0.15) is 0 Å². The fourth-order valence-corrected chi connectivity index (χ4v) is 3.54. The Morgan fingerprint density at radius 2 is 1.93 bits per heavy atom. The summed E-state index contributed by atoms with van der Waals surface area (Å²) in [6, 6.07) is 14.7. The average molecular weight is 383 g/mol. The van der Waals surface area contributed by atoms with Crippen LogP contribution in [0.3, 0.4) is 0 Å². The zero-order chi connectivity index (χ0) is 19.2. The van der Waals surface area contributed by atoms with Gasteiger partial charge in [-0.3, -0.25) is 14.2 Å². The number of aryl methyl sites for hydroxylation is 1. The molecule has 0 saturated heterocycles. The van der Waals surface area contributed by atoms with Crippen LogP contribution in [0.5, 0.6) is 0 Å². The zero-order valence-electron chi connectivity index (χ0n) is 15.0. The molecule has 3 aromatic rings. The number of aromatic nitrogens is 2. The summed E-state index contributed by atoms with van der Waals surface area (Å²) >= 11 is 1.22. The van der Waals surface area contributed by atoms with Gasteiger partial charge in [-0.1, -0.05) is 42.1 Å². The minimum absolute atomic E-state index is 0.0167. The molecular weight excluding hydrogens is 362 g/mol. The number of aliphatic hydroxyl groups is 1. The van der Waals surface area contributed by atoms with Crippen molar-refractivity contribution in [2.24, 2.45) is 0 Å². The molecule has 7 heteroatoms. The first-order chi connectivity index (χ1) is 13.1. The van der Waals surface area contributed by atoms with Gasteiger partial charge in [0.1, 0.15) is 0 Å². The van der Waals surface area contributed by atoms with Crippen LogP contribution in [-0.4, -0.2) is 32.9 Å². The van der Waals surface area contributed by atoms with Crippen molar-refractivity contribution in [2.45, 2.75) is 25.0 Å². The monoisotopic (exact) mass is 383 g/mol. The molecule has 0 bridgehead atoms. The fraction of sp³-hybridized carbons (Fsp3) is 0.250. The molecule has 1 aromatic heterocycles. The number of aliphatic hydroxyl groups excluding tert-OH is 1. The maximum Gasteiger partial charge on any atom is 0.262 e. The lowest BCUT2D eigenvalue weighted by Gasteiger charge is -2.13. The Labute approximate surface area is 161 Å². The molecule has 6 nitrogen and oxygen atoms in total. The van der Waals surface area contributed by atoms with E-state index in [1.54, 1.807) is 18.2 Å². The summed E-state index contributed by atoms with van der Waals surface area (Å²) in [7, 11) is 0. The molecule has 0 saturated carbocycles. The third-order valence-corrected chi connectivity index (χ3v) is 5.09. The van der Waals surface area contributed by atoms with Gasteiger partial charge in [-0.05, 0) is 37.1 Å². The van der Waals surface area contributed by atoms with Crippen molar-refractivity contribution in [2.75, 3.05) is 17.7 Å². The Morgan fingerprint density at radius 1 is 1.19 bits per heavy atom. The van der Waals surface area contributed by atoms with Crippen molar-refractivity contribution >= 4 is 34.3 Å². The second-order valence-corrected chi connectivity index (χ2v) is 7.04. The molecule has 0 aliphatic carbocycles. The summed E-state index contributed by atoms with van der Waals surface area (Å²) < 4.78 is 1.53. The van der Waals surface area contributed by atoms with Gasteiger partial charge in [0.2, 0.25) is 5.91 Å². The standard InChI is InChI=1S/C20H21N3O3S/c1-14-7-2-4-9-16(14)21-18(25)13-27-20-22-17-10-5-3-8-15(17)19(26)23(20)11-6-12-24/h2-5,7-10,24H,6,11-13H2,1H3,(H,21,25). The molecule has 0 atom stereocenters. The Morgan fingerprint density at radius 3 is 2.70 bits per heavy atom. The quantitative estimate of drug-likeness (QED) is 0.484. The highest BCUT2D eigenvalue weighted by Gasteiger charge is 2.13. The molecule has 0 aliphatic rings. The Hall–Kier alpha value is -2.64. The summed E-state index contributed by atoms with van der Waals surface area (Å²) in [6.07, 6.45) is 0.447. The summed E-state index contributed by atoms with van der Waals surface area (Å²) in [4.78, 5) is 29.6. The lowest BCUT2D eigenvalue weighted by molar-refractivity contribution is -0.113. The molecule has 1 heterocycles. The van der Waals surface area contributed by atoms with Crippen molar-refractivity contribution in [3.05, 3.63) is 64.4 Å². The van der Waals surface area contributed by atoms with Gasteiger partial charge >= 0.3 is 0 Å². The summed E-state index contributed by atoms with van der Waals surface area (Å²) in [5.74, 6) is -0.0245. The minimum atomic E-state index is -0.162. The van der Waals surface area contributed by atoms with Crippen LogP contribution in [0.15, 0.2) is 58.5 Å². The highest BCUT2D eigenvalue weighted by Crippen LogP contribution is 2.19. The summed E-state index contributed by atoms with van der Waals surface area (Å²) in [6.45, 7) is 2.27. The van der Waals surface area contributed by atoms with Crippen LogP contribution >= 0.6 is 11.8 Å². The van der Waals surface area contributed by atoms with Gasteiger partial charge in [0.25, 0.3) is 5.56 Å². The number of thioether (sulfide) groups is 1. The van der Waals surface area contributed by atoms with E-state index in [2.05, 4.69) is 10.3 Å². The van der Waals surface area contributed by atoms with E-state index in [9.17, 15) is 9.59 Å². The summed E-state index contributed by atoms with van der Waals surface area (Å²) in [5.41, 5.74) is 2.20. The number of hydrogen-bond donors (Lipinski definition) is 2. The highest BCUT2D eigenvalue weighted by molar-refractivity contribution is 7.99. The van der Waals surface area contributed by atoms with Crippen LogP contribution in [0, 0.1) is 6.92 Å². The Bertz CT molecular complexity index is 1020. The molecule has 2 aromatic carbocycles. The van der Waals surface area contributed by atoms with Crippen molar-refractivity contribution in [1.29, 1.82) is 0 Å². The van der Waals surface area contributed by atoms with E-state index in [0.29, 0.717) is 29.0 Å². The second-order valence-electron chi connectivity index (χ2n) is 6.10. The van der Waals surface area contributed by atoms with E-state index in [1.807, 2.05) is 37.3 Å². The van der Waals surface area contributed by atoms with Crippen LogP contribution in [0.4, 0.5) is 5.69 Å². The molecule has 3 rings (SSSR count). The number of para-hydroxylation sites is 2. The van der Waals surface area contributed by atoms with Gasteiger partial charge < -0.3 is 10.4 Å². The average Bonchev–Trinajstić information content (AvgIpc) is 2.68. The minimum Gasteiger partial charge on any atom is -0.396 e. The third kappa shape index (κ3) is 4.56. The number of nitrogens with zero attached hydrogens (tertiary/aromatic N) is 2. The Kier molecular flexibility index (Phi) is 6.26. The molecule has 0 unspecified atom stereocenters. The molecule has 1 amide bonds. The maximum absolute atomic E-state index is 12.8. The Balaban J connectivity index is 1.81. The maximum atomic E-state index is 12.8. The van der Waals surface area contributed by atoms with Crippen LogP contribution < -0.4 is 10.9 Å². The first kappa shape index (κ1) is 19.1. The van der Waals surface area contributed by atoms with E-state index >= 15 is 0 Å². The fourth-order valence-electron chi connectivity index (χ4n) is 2.71. The molecule has 0 fully saturated rings. The largest absolute Gasteiger partial charge is 0.396 e. The van der Waals surface area contributed by atoms with Crippen molar-refractivity contribution in [3.8, 4) is 0 Å². The van der Waals surface area contributed by atoms with Crippen molar-refractivity contribution in [3.63, 3.8) is 0 Å². The van der Waals surface area contributed by atoms with Crippen LogP contribution in [0.2, 0.25) is 0 Å². The predicted octanol–water partition coefficient (Wildman–Crippen LogP) is 2.82. The van der Waals surface area contributed by atoms with Crippen molar-refractivity contribution in [1.82, 2.24) is 9.55 Å². The molecule has 27 heavy (non-hydrogen) atoms. The molecule has 0 aliphatic heterocycles. The highest BCUT2D eigenvalue weighted by atomic mass is 32.2. The number of anilines is 1. The van der Waals surface area contributed by atoms with Crippen LogP contribution in [0.25, 0.3) is 10.9 Å². The van der Waals surface area contributed by atoms with E-state index < -0.39 is 0 Å². The second kappa shape index (κ2) is 8.83. The number of amides is 1. The molecule has 0 spiro atoms. The lowest BCUT2D eigenvalue weighted by Crippen LogP contribution is -2.24. The summed E-state index contributed by atoms with van der Waals surface area (Å²) in [5, 5.41) is 13.0. The smallest absolute Gasteiger partial charge is 0.262 e. The molecular formula is C20H21N3O3S. The third-order valence-electron chi connectivity index (χ3n) is 4.12. The normalized spacial score (nSPS) is 10.9. The predicted molar refractivity (Wildman–Crippen MR) is 108 cm³/mol. The van der Waals surface area contributed by atoms with Gasteiger partial charge in [-0.15, -0.1) is 0 Å². The van der Waals surface area contributed by atoms with E-state index in [4.69, 9.17) is 5.11 Å². The molecule has 2 N–H and O–H groups in total. The first-order valence-electron chi connectivity index (χ1n) is 8.69. The topological polar surface area (TPSA) is 84.2 Å². The van der Waals surface area contributed by atoms with E-state index in [0.717, 1.165) is 11.3 Å². The van der Waals surface area contributed by atoms with E-state index in [1.165, 1.54) is 16.3 Å². The number of hydrogen-bond acceptors (Lipinski definition) is 5. The SMILES string of the molecule is Cc1ccccc1NC(=O)CSc1nc2ccccc2c(=O)n1CCCO. The van der Waals surface area contributed by atoms with Gasteiger partial charge in [0, 0.05) is 18.8 Å². The van der Waals surface area contributed by atoms with Crippen LogP contribution in [-0.2, 0) is 11.3 Å². The number of benzene rings is 2. The number of nitrogens with one attached hydrogen (secondary N) is 1. The number of rotatable bonds is 7. The van der Waals surface area contributed by atoms with E-state index in [-0.39, 0.29) is 23.8 Å². The number of carbonyl (C=O) groups is 1. The first-order valence-corrected chi connectivity index (χ1v) is 9.67. The lowest BCUT2D eigenvalue weighted by atomic mass is 10.2. The number of fused-ring (bicyclic) bond motifs is 1. The van der Waals surface area contributed by atoms with Gasteiger partial charge in [0.15, 0.2) is 5.16 Å². The molecule has 0 radical (unpaired) electrons. The van der Waals surface area contributed by atoms with Gasteiger partial charge in [-0.25, -0.2) is 4.98 Å². The van der Waals surface area contributed by atoms with Gasteiger partial charge in [0.05, 0.1) is 16.7 Å². The zero-order valence-corrected chi connectivity index (χ0v) is 15.8. The molecule has 140 valence electrons.